The molecule has 0 fully saturated rings. The summed E-state index contributed by atoms with van der Waals surface area (Å²) in [6, 6.07) is 0.290. The van der Waals surface area contributed by atoms with Crippen LogP contribution in [0.3, 0.4) is 0 Å². The van der Waals surface area contributed by atoms with Gasteiger partial charge in [-0.2, -0.15) is 0 Å². The number of amides is 2. The van der Waals surface area contributed by atoms with Gasteiger partial charge in [-0.1, -0.05) is 6.92 Å². The van der Waals surface area contributed by atoms with Crippen LogP contribution < -0.4 is 10.9 Å². The Morgan fingerprint density at radius 2 is 1.61 bits per heavy atom. The number of rotatable bonds is 6. The Morgan fingerprint density at radius 1 is 1.11 bits per heavy atom. The van der Waals surface area contributed by atoms with Crippen LogP contribution in [0.5, 0.6) is 0 Å². The van der Waals surface area contributed by atoms with E-state index in [0.29, 0.717) is 12.1 Å². The molecule has 0 aromatic carbocycles. The topological polar surface area (TPSA) is 61.4 Å². The Balaban J connectivity index is 4.54. The van der Waals surface area contributed by atoms with Gasteiger partial charge in [0.2, 0.25) is 11.8 Å². The highest BCUT2D eigenvalue weighted by molar-refractivity contribution is 5.88. The summed E-state index contributed by atoms with van der Waals surface area (Å²) < 4.78 is 0. The zero-order valence-corrected chi connectivity index (χ0v) is 12.2. The van der Waals surface area contributed by atoms with Gasteiger partial charge in [-0.25, -0.2) is 0 Å². The third kappa shape index (κ3) is 5.70. The van der Waals surface area contributed by atoms with Crippen LogP contribution in [0.1, 0.15) is 48.0 Å². The first-order chi connectivity index (χ1) is 8.29. The largest absolute Gasteiger partial charge is 0.334 e. The Kier molecular flexibility index (Phi) is 7.08. The maximum absolute atomic E-state index is 12.0. The molecule has 0 bridgehead atoms. The molecular weight excluding hydrogens is 230 g/mol. The molecule has 104 valence electrons. The van der Waals surface area contributed by atoms with Gasteiger partial charge >= 0.3 is 0 Å². The summed E-state index contributed by atoms with van der Waals surface area (Å²) in [7, 11) is 0. The van der Waals surface area contributed by atoms with E-state index in [4.69, 9.17) is 0 Å². The SMILES string of the molecule is CCC(=O)NNC(C)=CC(=O)N(C(C)C)C(C)C. The molecule has 0 aliphatic carbocycles. The molecule has 0 atom stereocenters. The van der Waals surface area contributed by atoms with E-state index in [1.54, 1.807) is 18.7 Å². The summed E-state index contributed by atoms with van der Waals surface area (Å²) in [6.07, 6.45) is 1.90. The van der Waals surface area contributed by atoms with E-state index in [1.165, 1.54) is 6.08 Å². The fraction of sp³-hybridized carbons (Fsp3) is 0.692. The van der Waals surface area contributed by atoms with Crippen molar-refractivity contribution in [3.05, 3.63) is 11.8 Å². The number of hydrogen-bond donors (Lipinski definition) is 2. The van der Waals surface area contributed by atoms with E-state index in [9.17, 15) is 9.59 Å². The average Bonchev–Trinajstić information content (AvgIpc) is 2.24. The van der Waals surface area contributed by atoms with Crippen molar-refractivity contribution < 1.29 is 9.59 Å². The summed E-state index contributed by atoms with van der Waals surface area (Å²) in [4.78, 5) is 24.9. The van der Waals surface area contributed by atoms with E-state index in [1.807, 2.05) is 27.7 Å². The normalized spacial score (nSPS) is 11.7. The molecule has 0 spiro atoms. The van der Waals surface area contributed by atoms with Crippen molar-refractivity contribution >= 4 is 11.8 Å². The van der Waals surface area contributed by atoms with Gasteiger partial charge in [0.1, 0.15) is 0 Å². The smallest absolute Gasteiger partial charge is 0.248 e. The lowest BCUT2D eigenvalue weighted by Crippen LogP contribution is -2.42. The molecule has 0 heterocycles. The number of nitrogens with one attached hydrogen (secondary N) is 2. The molecule has 5 nitrogen and oxygen atoms in total. The maximum Gasteiger partial charge on any atom is 0.248 e. The first-order valence-corrected chi connectivity index (χ1v) is 6.35. The van der Waals surface area contributed by atoms with Crippen molar-refractivity contribution in [3.63, 3.8) is 0 Å². The molecule has 0 radical (unpaired) electrons. The predicted octanol–water partition coefficient (Wildman–Crippen LogP) is 1.57. The van der Waals surface area contributed by atoms with E-state index in [-0.39, 0.29) is 23.9 Å². The second-order valence-electron chi connectivity index (χ2n) is 4.79. The monoisotopic (exact) mass is 255 g/mol. The number of hydrogen-bond acceptors (Lipinski definition) is 3. The molecule has 0 aromatic heterocycles. The number of allylic oxidation sites excluding steroid dienone is 1. The molecule has 0 aromatic rings. The van der Waals surface area contributed by atoms with Gasteiger partial charge < -0.3 is 10.3 Å². The number of hydrazine groups is 1. The van der Waals surface area contributed by atoms with Gasteiger partial charge in [0, 0.05) is 30.3 Å². The van der Waals surface area contributed by atoms with Crippen LogP contribution in [0.2, 0.25) is 0 Å². The molecular formula is C13H25N3O2. The zero-order valence-electron chi connectivity index (χ0n) is 12.2. The summed E-state index contributed by atoms with van der Waals surface area (Å²) >= 11 is 0. The van der Waals surface area contributed by atoms with Crippen LogP contribution in [-0.4, -0.2) is 28.8 Å². The lowest BCUT2D eigenvalue weighted by molar-refractivity contribution is -0.129. The van der Waals surface area contributed by atoms with Crippen LogP contribution in [0.4, 0.5) is 0 Å². The van der Waals surface area contributed by atoms with Crippen LogP contribution in [0.25, 0.3) is 0 Å². The van der Waals surface area contributed by atoms with Gasteiger partial charge in [0.25, 0.3) is 0 Å². The van der Waals surface area contributed by atoms with Gasteiger partial charge in [-0.05, 0) is 34.6 Å². The molecule has 0 saturated heterocycles. The maximum atomic E-state index is 12.0. The first-order valence-electron chi connectivity index (χ1n) is 6.35. The molecule has 2 N–H and O–H groups in total. The quantitative estimate of drug-likeness (QED) is 0.559. The Bertz CT molecular complexity index is 314. The second-order valence-corrected chi connectivity index (χ2v) is 4.79. The number of carbonyl (C=O) groups excluding carboxylic acids is 2. The van der Waals surface area contributed by atoms with Gasteiger partial charge in [-0.3, -0.25) is 15.0 Å². The molecule has 0 unspecified atom stereocenters. The minimum Gasteiger partial charge on any atom is -0.334 e. The van der Waals surface area contributed by atoms with Crippen LogP contribution in [0.15, 0.2) is 11.8 Å². The third-order valence-corrected chi connectivity index (χ3v) is 2.43. The van der Waals surface area contributed by atoms with Crippen molar-refractivity contribution in [1.82, 2.24) is 15.8 Å². The van der Waals surface area contributed by atoms with Crippen molar-refractivity contribution in [2.24, 2.45) is 0 Å². The summed E-state index contributed by atoms with van der Waals surface area (Å²) in [5.41, 5.74) is 5.84. The molecule has 2 amide bonds. The standard InChI is InChI=1S/C13H25N3O2/c1-7-12(17)15-14-11(6)8-13(18)16(9(2)3)10(4)5/h8-10,14H,7H2,1-6H3,(H,15,17). The molecule has 0 rings (SSSR count). The highest BCUT2D eigenvalue weighted by Gasteiger charge is 2.18. The van der Waals surface area contributed by atoms with Gasteiger partial charge in [0.15, 0.2) is 0 Å². The minimum atomic E-state index is -0.111. The zero-order chi connectivity index (χ0) is 14.3. The fourth-order valence-electron chi connectivity index (χ4n) is 1.66. The van der Waals surface area contributed by atoms with Crippen molar-refractivity contribution in [3.8, 4) is 0 Å². The summed E-state index contributed by atoms with van der Waals surface area (Å²) in [5.74, 6) is -0.171. The highest BCUT2D eigenvalue weighted by Crippen LogP contribution is 2.06. The molecule has 0 saturated carbocycles. The Hall–Kier alpha value is -1.52. The highest BCUT2D eigenvalue weighted by atomic mass is 16.2. The van der Waals surface area contributed by atoms with E-state index in [2.05, 4.69) is 10.9 Å². The van der Waals surface area contributed by atoms with Crippen molar-refractivity contribution in [1.29, 1.82) is 0 Å². The number of nitrogens with zero attached hydrogens (tertiary/aromatic N) is 1. The number of carbonyl (C=O) groups is 2. The van der Waals surface area contributed by atoms with Gasteiger partial charge in [-0.15, -0.1) is 0 Å². The Labute approximate surface area is 110 Å². The van der Waals surface area contributed by atoms with Crippen LogP contribution >= 0.6 is 0 Å². The summed E-state index contributed by atoms with van der Waals surface area (Å²) in [5, 5.41) is 0. The minimum absolute atomic E-state index is 0.0595. The average molecular weight is 255 g/mol. The lowest BCUT2D eigenvalue weighted by Gasteiger charge is -2.29. The lowest BCUT2D eigenvalue weighted by atomic mass is 10.2. The van der Waals surface area contributed by atoms with E-state index in [0.717, 1.165) is 0 Å². The summed E-state index contributed by atoms with van der Waals surface area (Å²) in [6.45, 7) is 11.4. The first kappa shape index (κ1) is 16.5. The molecule has 0 aliphatic heterocycles. The van der Waals surface area contributed by atoms with Crippen molar-refractivity contribution in [2.75, 3.05) is 0 Å². The fourth-order valence-corrected chi connectivity index (χ4v) is 1.66. The van der Waals surface area contributed by atoms with E-state index < -0.39 is 0 Å². The van der Waals surface area contributed by atoms with Gasteiger partial charge in [0.05, 0.1) is 0 Å². The third-order valence-electron chi connectivity index (χ3n) is 2.43. The molecule has 0 aliphatic rings. The Morgan fingerprint density at radius 3 is 2.00 bits per heavy atom. The van der Waals surface area contributed by atoms with Crippen LogP contribution in [-0.2, 0) is 9.59 Å². The second kappa shape index (κ2) is 7.74. The predicted molar refractivity (Wildman–Crippen MR) is 72.4 cm³/mol. The van der Waals surface area contributed by atoms with E-state index >= 15 is 0 Å². The van der Waals surface area contributed by atoms with Crippen LogP contribution in [0, 0.1) is 0 Å². The molecule has 5 heteroatoms. The molecule has 18 heavy (non-hydrogen) atoms. The van der Waals surface area contributed by atoms with Crippen molar-refractivity contribution in [2.45, 2.75) is 60.0 Å².